The van der Waals surface area contributed by atoms with Gasteiger partial charge in [-0.25, -0.2) is 18.1 Å². The molecule has 0 aliphatic rings. The second kappa shape index (κ2) is 8.06. The monoisotopic (exact) mass is 429 g/mol. The van der Waals surface area contributed by atoms with E-state index < -0.39 is 21.5 Å². The van der Waals surface area contributed by atoms with Gasteiger partial charge < -0.3 is 0 Å². The maximum Gasteiger partial charge on any atom is 0.257 e. The van der Waals surface area contributed by atoms with E-state index in [1.165, 1.54) is 23.5 Å². The van der Waals surface area contributed by atoms with Gasteiger partial charge in [-0.2, -0.15) is 0 Å². The number of carbonyl (C=O) groups excluding carboxylic acids is 1. The minimum atomic E-state index is -3.74. The Balaban J connectivity index is 1.84. The summed E-state index contributed by atoms with van der Waals surface area (Å²) in [7, 11) is -3.74. The van der Waals surface area contributed by atoms with E-state index in [9.17, 15) is 13.2 Å². The third kappa shape index (κ3) is 5.29. The van der Waals surface area contributed by atoms with Crippen LogP contribution in [-0.4, -0.2) is 24.8 Å². The van der Waals surface area contributed by atoms with Crippen LogP contribution >= 0.6 is 11.3 Å². The van der Waals surface area contributed by atoms with Crippen LogP contribution in [0.1, 0.15) is 36.7 Å². The molecule has 0 spiro atoms. The number of anilines is 1. The highest BCUT2D eigenvalue weighted by atomic mass is 32.2. The van der Waals surface area contributed by atoms with Crippen molar-refractivity contribution in [3.8, 4) is 11.3 Å². The number of nitrogens with one attached hydrogen (secondary N) is 2. The average Bonchev–Trinajstić information content (AvgIpc) is 3.09. The molecule has 1 aromatic heterocycles. The third-order valence-corrected chi connectivity index (χ3v) is 6.51. The van der Waals surface area contributed by atoms with Crippen molar-refractivity contribution in [3.05, 3.63) is 65.0 Å². The molecule has 0 saturated heterocycles. The number of aromatic nitrogens is 1. The van der Waals surface area contributed by atoms with E-state index in [1.807, 2.05) is 35.7 Å². The normalized spacial score (nSPS) is 12.0. The summed E-state index contributed by atoms with van der Waals surface area (Å²) < 4.78 is 27.8. The molecule has 3 aromatic rings. The second-order valence-corrected chi connectivity index (χ2v) is 10.2. The summed E-state index contributed by atoms with van der Waals surface area (Å²) in [5.41, 5.74) is 2.08. The molecule has 0 aliphatic heterocycles. The summed E-state index contributed by atoms with van der Waals surface area (Å²) in [6.45, 7) is 7.05. The quantitative estimate of drug-likeness (QED) is 0.627. The minimum absolute atomic E-state index is 0.0484. The van der Waals surface area contributed by atoms with Gasteiger partial charge in [-0.1, -0.05) is 36.4 Å². The van der Waals surface area contributed by atoms with Crippen LogP contribution in [0.2, 0.25) is 0 Å². The van der Waals surface area contributed by atoms with E-state index in [-0.39, 0.29) is 4.90 Å². The Bertz CT molecular complexity index is 1130. The standard InChI is InChI=1S/C21H23N3O3S2/c1-14-10-11-16(29(26,27)24-21(2,3)4)12-17(14)19(25)23-20-22-18(13-28-20)15-8-6-5-7-9-15/h5-13,24H,1-4H3,(H,22,23,25). The molecule has 0 saturated carbocycles. The number of hydrogen-bond donors (Lipinski definition) is 2. The molecule has 3 rings (SSSR count). The predicted octanol–water partition coefficient (Wildman–Crippen LogP) is 4.45. The molecule has 0 radical (unpaired) electrons. The Morgan fingerprint density at radius 1 is 1.07 bits per heavy atom. The molecule has 0 unspecified atom stereocenters. The molecule has 0 atom stereocenters. The topological polar surface area (TPSA) is 88.2 Å². The van der Waals surface area contributed by atoms with Crippen molar-refractivity contribution in [1.82, 2.24) is 9.71 Å². The molecule has 0 fully saturated rings. The Morgan fingerprint density at radius 2 is 1.76 bits per heavy atom. The number of sulfonamides is 1. The van der Waals surface area contributed by atoms with E-state index >= 15 is 0 Å². The van der Waals surface area contributed by atoms with Gasteiger partial charge in [0.15, 0.2) is 5.13 Å². The van der Waals surface area contributed by atoms with Gasteiger partial charge in [0.2, 0.25) is 10.0 Å². The van der Waals surface area contributed by atoms with E-state index in [0.29, 0.717) is 16.3 Å². The first kappa shape index (κ1) is 21.2. The van der Waals surface area contributed by atoms with Crippen molar-refractivity contribution < 1.29 is 13.2 Å². The lowest BCUT2D eigenvalue weighted by Gasteiger charge is -2.20. The van der Waals surface area contributed by atoms with Crippen molar-refractivity contribution in [2.24, 2.45) is 0 Å². The molecule has 8 heteroatoms. The van der Waals surface area contributed by atoms with Gasteiger partial charge in [0.25, 0.3) is 5.91 Å². The van der Waals surface area contributed by atoms with Gasteiger partial charge in [-0.05, 0) is 45.4 Å². The number of aryl methyl sites for hydroxylation is 1. The Hall–Kier alpha value is -2.55. The van der Waals surface area contributed by atoms with Crippen LogP contribution in [0.3, 0.4) is 0 Å². The summed E-state index contributed by atoms with van der Waals surface area (Å²) in [5.74, 6) is -0.399. The number of nitrogens with zero attached hydrogens (tertiary/aromatic N) is 1. The van der Waals surface area contributed by atoms with E-state index in [4.69, 9.17) is 0 Å². The first-order valence-electron chi connectivity index (χ1n) is 9.02. The maximum absolute atomic E-state index is 12.8. The summed E-state index contributed by atoms with van der Waals surface area (Å²) in [5, 5.41) is 5.09. The zero-order valence-electron chi connectivity index (χ0n) is 16.7. The summed E-state index contributed by atoms with van der Waals surface area (Å²) >= 11 is 1.32. The molecule has 152 valence electrons. The molecule has 1 heterocycles. The lowest BCUT2D eigenvalue weighted by atomic mass is 10.1. The molecular weight excluding hydrogens is 406 g/mol. The summed E-state index contributed by atoms with van der Waals surface area (Å²) in [6.07, 6.45) is 0. The van der Waals surface area contributed by atoms with Crippen LogP contribution in [0.5, 0.6) is 0 Å². The smallest absolute Gasteiger partial charge is 0.257 e. The van der Waals surface area contributed by atoms with Crippen molar-refractivity contribution in [2.75, 3.05) is 5.32 Å². The molecule has 6 nitrogen and oxygen atoms in total. The number of carbonyl (C=O) groups is 1. The van der Waals surface area contributed by atoms with Crippen LogP contribution in [0.15, 0.2) is 58.8 Å². The summed E-state index contributed by atoms with van der Waals surface area (Å²) in [4.78, 5) is 17.3. The Morgan fingerprint density at radius 3 is 2.41 bits per heavy atom. The molecule has 0 aliphatic carbocycles. The van der Waals surface area contributed by atoms with Crippen molar-refractivity contribution >= 4 is 32.4 Å². The fraction of sp³-hybridized carbons (Fsp3) is 0.238. The zero-order chi connectivity index (χ0) is 21.2. The number of rotatable bonds is 5. The number of amides is 1. The maximum atomic E-state index is 12.8. The summed E-state index contributed by atoms with van der Waals surface area (Å²) in [6, 6.07) is 14.2. The molecule has 2 aromatic carbocycles. The van der Waals surface area contributed by atoms with E-state index in [2.05, 4.69) is 15.0 Å². The third-order valence-electron chi connectivity index (χ3n) is 4.00. The van der Waals surface area contributed by atoms with Gasteiger partial charge in [0, 0.05) is 22.0 Å². The van der Waals surface area contributed by atoms with Gasteiger partial charge in [-0.15, -0.1) is 11.3 Å². The SMILES string of the molecule is Cc1ccc(S(=O)(=O)NC(C)(C)C)cc1C(=O)Nc1nc(-c2ccccc2)cs1. The Kier molecular flexibility index (Phi) is 5.88. The van der Waals surface area contributed by atoms with Crippen molar-refractivity contribution in [3.63, 3.8) is 0 Å². The van der Waals surface area contributed by atoms with Crippen LogP contribution in [0, 0.1) is 6.92 Å². The van der Waals surface area contributed by atoms with Crippen LogP contribution in [0.25, 0.3) is 11.3 Å². The lowest BCUT2D eigenvalue weighted by Crippen LogP contribution is -2.40. The number of hydrogen-bond acceptors (Lipinski definition) is 5. The van der Waals surface area contributed by atoms with Gasteiger partial charge >= 0.3 is 0 Å². The fourth-order valence-corrected chi connectivity index (χ4v) is 4.87. The average molecular weight is 430 g/mol. The molecule has 29 heavy (non-hydrogen) atoms. The first-order valence-corrected chi connectivity index (χ1v) is 11.4. The molecule has 1 amide bonds. The van der Waals surface area contributed by atoms with E-state index in [0.717, 1.165) is 11.3 Å². The minimum Gasteiger partial charge on any atom is -0.298 e. The predicted molar refractivity (Wildman–Crippen MR) is 117 cm³/mol. The highest BCUT2D eigenvalue weighted by Gasteiger charge is 2.23. The van der Waals surface area contributed by atoms with Crippen LogP contribution in [-0.2, 0) is 10.0 Å². The second-order valence-electron chi connectivity index (χ2n) is 7.69. The first-order chi connectivity index (χ1) is 13.5. The molecule has 2 N–H and O–H groups in total. The Labute approximate surface area is 175 Å². The number of thiazole rings is 1. The van der Waals surface area contributed by atoms with E-state index in [1.54, 1.807) is 33.8 Å². The van der Waals surface area contributed by atoms with Crippen molar-refractivity contribution in [1.29, 1.82) is 0 Å². The molecular formula is C21H23N3O3S2. The zero-order valence-corrected chi connectivity index (χ0v) is 18.3. The van der Waals surface area contributed by atoms with Crippen LogP contribution in [0.4, 0.5) is 5.13 Å². The lowest BCUT2D eigenvalue weighted by molar-refractivity contribution is 0.102. The highest BCUT2D eigenvalue weighted by Crippen LogP contribution is 2.25. The van der Waals surface area contributed by atoms with Crippen molar-refractivity contribution in [2.45, 2.75) is 38.1 Å². The molecule has 0 bridgehead atoms. The van der Waals surface area contributed by atoms with Gasteiger partial charge in [-0.3, -0.25) is 10.1 Å². The van der Waals surface area contributed by atoms with Crippen LogP contribution < -0.4 is 10.0 Å². The van der Waals surface area contributed by atoms with Gasteiger partial charge in [0.1, 0.15) is 0 Å². The fourth-order valence-electron chi connectivity index (χ4n) is 2.71. The van der Waals surface area contributed by atoms with Gasteiger partial charge in [0.05, 0.1) is 10.6 Å². The highest BCUT2D eigenvalue weighted by molar-refractivity contribution is 7.89. The largest absolute Gasteiger partial charge is 0.298 e. The number of benzene rings is 2.